The molecule has 2 aliphatic rings. The van der Waals surface area contributed by atoms with E-state index in [1.54, 1.807) is 0 Å². The van der Waals surface area contributed by atoms with E-state index in [1.165, 1.54) is 111 Å². The zero-order chi connectivity index (χ0) is 34.8. The highest BCUT2D eigenvalue weighted by Crippen LogP contribution is 2.48. The lowest BCUT2D eigenvalue weighted by molar-refractivity contribution is 0.859. The van der Waals surface area contributed by atoms with Crippen molar-refractivity contribution in [2.45, 2.75) is 81.1 Å². The monoisotopic (exact) mass is 652 g/mol. The summed E-state index contributed by atoms with van der Waals surface area (Å²) in [4.78, 5) is 5.06. The maximum atomic E-state index is 2.56. The zero-order valence-corrected chi connectivity index (χ0v) is 31.0. The molecule has 8 rings (SSSR count). The van der Waals surface area contributed by atoms with Gasteiger partial charge in [0.25, 0.3) is 0 Å². The Morgan fingerprint density at radius 3 is 1.58 bits per heavy atom. The van der Waals surface area contributed by atoms with Crippen molar-refractivity contribution in [2.75, 3.05) is 9.80 Å². The van der Waals surface area contributed by atoms with Crippen LogP contribution in [0.2, 0.25) is 0 Å². The molecule has 2 nitrogen and oxygen atoms in total. The Kier molecular flexibility index (Phi) is 7.94. The Morgan fingerprint density at radius 2 is 1.00 bits per heavy atom. The topological polar surface area (TPSA) is 6.48 Å². The fourth-order valence-corrected chi connectivity index (χ4v) is 8.12. The summed E-state index contributed by atoms with van der Waals surface area (Å²) in [6.07, 6.45) is 6.59. The van der Waals surface area contributed by atoms with E-state index in [-0.39, 0.29) is 0 Å². The second-order valence-corrected chi connectivity index (χ2v) is 15.0. The van der Waals surface area contributed by atoms with Crippen LogP contribution < -0.4 is 9.80 Å². The first-order valence-electron chi connectivity index (χ1n) is 18.3. The van der Waals surface area contributed by atoms with Crippen molar-refractivity contribution in [3.63, 3.8) is 0 Å². The third-order valence-electron chi connectivity index (χ3n) is 11.8. The summed E-state index contributed by atoms with van der Waals surface area (Å²) >= 11 is 0. The molecular formula is C48H48N2. The molecule has 0 fully saturated rings. The molecule has 6 aromatic carbocycles. The fourth-order valence-electron chi connectivity index (χ4n) is 8.12. The van der Waals surface area contributed by atoms with E-state index in [0.29, 0.717) is 0 Å². The third kappa shape index (κ3) is 5.33. The number of allylic oxidation sites excluding steroid dienone is 4. The lowest BCUT2D eigenvalue weighted by Crippen LogP contribution is -2.20. The number of hydrogen-bond donors (Lipinski definition) is 0. The summed E-state index contributed by atoms with van der Waals surface area (Å²) in [6, 6.07) is 35.1. The van der Waals surface area contributed by atoms with Crippen molar-refractivity contribution >= 4 is 50.0 Å². The second kappa shape index (κ2) is 12.4. The SMILES string of the molecule is CC1=C(C)CCC(N(c2ccc(C)c(C)c2)c2ccc3c4c2ccc2ccc(N(c5ccc(C)c(C)c5)c5ccc(C)c(C)c5)c(c24)CC3)=C1. The van der Waals surface area contributed by atoms with Gasteiger partial charge in [-0.05, 0) is 196 Å². The predicted molar refractivity (Wildman–Crippen MR) is 216 cm³/mol. The van der Waals surface area contributed by atoms with Crippen LogP contribution in [-0.2, 0) is 12.8 Å². The molecule has 0 amide bonds. The van der Waals surface area contributed by atoms with Gasteiger partial charge in [-0.25, -0.2) is 0 Å². The van der Waals surface area contributed by atoms with Crippen LogP contribution in [0.5, 0.6) is 0 Å². The van der Waals surface area contributed by atoms with E-state index >= 15 is 0 Å². The van der Waals surface area contributed by atoms with Crippen LogP contribution in [0.25, 0.3) is 21.5 Å². The van der Waals surface area contributed by atoms with Gasteiger partial charge in [0.1, 0.15) is 0 Å². The summed E-state index contributed by atoms with van der Waals surface area (Å²) < 4.78 is 0. The normalized spacial score (nSPS) is 14.1. The van der Waals surface area contributed by atoms with E-state index in [1.807, 2.05) is 0 Å². The molecule has 0 atom stereocenters. The number of aryl methyl sites for hydroxylation is 8. The van der Waals surface area contributed by atoms with Crippen molar-refractivity contribution in [1.82, 2.24) is 0 Å². The van der Waals surface area contributed by atoms with Crippen molar-refractivity contribution < 1.29 is 0 Å². The molecule has 0 saturated carbocycles. The van der Waals surface area contributed by atoms with Gasteiger partial charge in [0, 0.05) is 33.8 Å². The van der Waals surface area contributed by atoms with Gasteiger partial charge >= 0.3 is 0 Å². The lowest BCUT2D eigenvalue weighted by Gasteiger charge is -2.34. The van der Waals surface area contributed by atoms with E-state index in [0.717, 1.165) is 25.7 Å². The third-order valence-corrected chi connectivity index (χ3v) is 11.8. The summed E-state index contributed by atoms with van der Waals surface area (Å²) in [5, 5.41) is 5.47. The summed E-state index contributed by atoms with van der Waals surface area (Å²) in [7, 11) is 0. The first kappa shape index (κ1) is 32.1. The Morgan fingerprint density at radius 1 is 0.440 bits per heavy atom. The quantitative estimate of drug-likeness (QED) is 0.165. The van der Waals surface area contributed by atoms with Crippen LogP contribution in [0.1, 0.15) is 71.2 Å². The molecule has 0 spiro atoms. The van der Waals surface area contributed by atoms with Crippen LogP contribution >= 0.6 is 0 Å². The minimum Gasteiger partial charge on any atom is -0.314 e. The van der Waals surface area contributed by atoms with Gasteiger partial charge < -0.3 is 9.80 Å². The summed E-state index contributed by atoms with van der Waals surface area (Å²) in [6.45, 7) is 17.9. The van der Waals surface area contributed by atoms with Crippen molar-refractivity contribution in [2.24, 2.45) is 0 Å². The molecule has 2 aliphatic carbocycles. The van der Waals surface area contributed by atoms with Crippen molar-refractivity contribution in [3.8, 4) is 0 Å². The van der Waals surface area contributed by atoms with Crippen LogP contribution in [0.3, 0.4) is 0 Å². The molecule has 0 saturated heterocycles. The van der Waals surface area contributed by atoms with Crippen molar-refractivity contribution in [3.05, 3.63) is 158 Å². The van der Waals surface area contributed by atoms with Gasteiger partial charge in [0.05, 0.1) is 5.69 Å². The molecule has 250 valence electrons. The van der Waals surface area contributed by atoms with Crippen LogP contribution in [0, 0.1) is 41.5 Å². The fraction of sp³-hybridized carbons (Fsp3) is 0.250. The number of anilines is 5. The Balaban J connectivity index is 1.40. The molecule has 0 bridgehead atoms. The number of hydrogen-bond acceptors (Lipinski definition) is 2. The van der Waals surface area contributed by atoms with Crippen LogP contribution in [-0.4, -0.2) is 0 Å². The molecule has 0 N–H and O–H groups in total. The number of nitrogens with zero attached hydrogens (tertiary/aromatic N) is 2. The molecule has 0 aromatic heterocycles. The number of benzene rings is 6. The number of rotatable bonds is 6. The Labute approximate surface area is 298 Å². The van der Waals surface area contributed by atoms with Gasteiger partial charge in [-0.3, -0.25) is 0 Å². The maximum absolute atomic E-state index is 2.56. The summed E-state index contributed by atoms with van der Waals surface area (Å²) in [5.74, 6) is 0. The molecule has 0 aliphatic heterocycles. The standard InChI is InChI=1S/C48H48N2/c1-29-9-17-39(25-33(29)5)49(40-18-10-30(2)34(6)26-40)45-23-15-37-14-22-44-46(24-16-38-13-21-43(45)47(37)48(38)44)50(41-19-11-31(3)35(7)27-41)42-20-12-32(4)36(8)28-42/h9-11,14-19,22-28H,12-13,20-21H2,1-8H3. The highest BCUT2D eigenvalue weighted by Gasteiger charge is 2.27. The van der Waals surface area contributed by atoms with E-state index < -0.39 is 0 Å². The Hall–Kier alpha value is -5.08. The van der Waals surface area contributed by atoms with Gasteiger partial charge in [0.15, 0.2) is 0 Å². The molecular weight excluding hydrogens is 605 g/mol. The smallest absolute Gasteiger partial charge is 0.0537 e. The second-order valence-electron chi connectivity index (χ2n) is 15.0. The molecule has 6 aromatic rings. The average molecular weight is 653 g/mol. The first-order chi connectivity index (χ1) is 24.1. The lowest BCUT2D eigenvalue weighted by atomic mass is 9.84. The van der Waals surface area contributed by atoms with E-state index in [4.69, 9.17) is 0 Å². The zero-order valence-electron chi connectivity index (χ0n) is 31.0. The largest absolute Gasteiger partial charge is 0.314 e. The molecule has 2 heteroatoms. The van der Waals surface area contributed by atoms with E-state index in [2.05, 4.69) is 162 Å². The van der Waals surface area contributed by atoms with Gasteiger partial charge in [-0.15, -0.1) is 0 Å². The Bertz CT molecular complexity index is 2370. The average Bonchev–Trinajstić information content (AvgIpc) is 3.11. The van der Waals surface area contributed by atoms with Gasteiger partial charge in [0.2, 0.25) is 0 Å². The van der Waals surface area contributed by atoms with Crippen LogP contribution in [0.4, 0.5) is 28.4 Å². The molecule has 50 heavy (non-hydrogen) atoms. The summed E-state index contributed by atoms with van der Waals surface area (Å²) in [5.41, 5.74) is 21.3. The maximum Gasteiger partial charge on any atom is 0.0537 e. The first-order valence-corrected chi connectivity index (χ1v) is 18.3. The highest BCUT2D eigenvalue weighted by atomic mass is 15.2. The molecule has 0 radical (unpaired) electrons. The van der Waals surface area contributed by atoms with Gasteiger partial charge in [-0.2, -0.15) is 0 Å². The highest BCUT2D eigenvalue weighted by molar-refractivity contribution is 6.17. The van der Waals surface area contributed by atoms with Gasteiger partial charge in [-0.1, -0.05) is 53.6 Å². The van der Waals surface area contributed by atoms with Crippen molar-refractivity contribution in [1.29, 1.82) is 0 Å². The van der Waals surface area contributed by atoms with Crippen LogP contribution in [0.15, 0.2) is 114 Å². The molecule has 0 unspecified atom stereocenters. The molecule has 0 heterocycles. The minimum atomic E-state index is 1.01. The minimum absolute atomic E-state index is 1.01. The predicted octanol–water partition coefficient (Wildman–Crippen LogP) is 13.6. The van der Waals surface area contributed by atoms with E-state index in [9.17, 15) is 0 Å².